The van der Waals surface area contributed by atoms with Crippen LogP contribution in [0.1, 0.15) is 42.5 Å². The normalized spacial score (nSPS) is 30.8. The van der Waals surface area contributed by atoms with Crippen LogP contribution in [-0.2, 0) is 0 Å². The largest absolute Gasteiger partial charge is 0.389 e. The maximum absolute atomic E-state index is 12.3. The van der Waals surface area contributed by atoms with Crippen molar-refractivity contribution >= 4 is 5.91 Å². The summed E-state index contributed by atoms with van der Waals surface area (Å²) in [6.45, 7) is 1.28. The molecule has 1 amide bonds. The molecule has 2 unspecified atom stereocenters. The summed E-state index contributed by atoms with van der Waals surface area (Å²) in [6.07, 6.45) is 9.38. The lowest BCUT2D eigenvalue weighted by Gasteiger charge is -2.47. The second-order valence-electron chi connectivity index (χ2n) is 5.67. The van der Waals surface area contributed by atoms with Crippen molar-refractivity contribution in [3.05, 3.63) is 24.3 Å². The van der Waals surface area contributed by atoms with Crippen molar-refractivity contribution in [2.24, 2.45) is 5.92 Å². The minimum atomic E-state index is -0.539. The van der Waals surface area contributed by atoms with E-state index in [9.17, 15) is 9.90 Å². The molecule has 1 saturated carbocycles. The molecule has 2 atom stereocenters. The van der Waals surface area contributed by atoms with E-state index < -0.39 is 5.60 Å². The van der Waals surface area contributed by atoms with E-state index in [4.69, 9.17) is 0 Å². The smallest absolute Gasteiger partial charge is 0.257 e. The first kappa shape index (κ1) is 12.5. The first-order valence-electron chi connectivity index (χ1n) is 6.96. The number of hydrogen-bond acceptors (Lipinski definition) is 4. The van der Waals surface area contributed by atoms with Crippen LogP contribution in [0.15, 0.2) is 18.7 Å². The van der Waals surface area contributed by atoms with Gasteiger partial charge in [-0.2, -0.15) is 0 Å². The molecule has 0 spiro atoms. The van der Waals surface area contributed by atoms with E-state index in [0.29, 0.717) is 25.1 Å². The molecule has 0 bridgehead atoms. The summed E-state index contributed by atoms with van der Waals surface area (Å²) in [6, 6.07) is 0. The topological polar surface area (TPSA) is 66.3 Å². The molecule has 2 aliphatic rings. The van der Waals surface area contributed by atoms with Gasteiger partial charge in [0.25, 0.3) is 5.91 Å². The first-order valence-corrected chi connectivity index (χ1v) is 6.96. The number of fused-ring (bicyclic) bond motifs is 1. The Morgan fingerprint density at radius 1 is 1.32 bits per heavy atom. The molecule has 1 N–H and O–H groups in total. The number of aromatic nitrogens is 2. The fourth-order valence-electron chi connectivity index (χ4n) is 3.35. The van der Waals surface area contributed by atoms with Crippen LogP contribution in [-0.4, -0.2) is 44.6 Å². The van der Waals surface area contributed by atoms with Gasteiger partial charge in [0.2, 0.25) is 0 Å². The third kappa shape index (κ3) is 2.34. The van der Waals surface area contributed by atoms with E-state index in [1.165, 1.54) is 6.33 Å². The molecule has 3 rings (SSSR count). The van der Waals surface area contributed by atoms with E-state index in [0.717, 1.165) is 25.7 Å². The second kappa shape index (κ2) is 4.89. The molecule has 19 heavy (non-hydrogen) atoms. The number of nitrogens with zero attached hydrogens (tertiary/aromatic N) is 3. The van der Waals surface area contributed by atoms with Gasteiger partial charge in [0.05, 0.1) is 11.2 Å². The van der Waals surface area contributed by atoms with E-state index >= 15 is 0 Å². The Morgan fingerprint density at radius 3 is 2.89 bits per heavy atom. The Balaban J connectivity index is 1.73. The Labute approximate surface area is 112 Å². The summed E-state index contributed by atoms with van der Waals surface area (Å²) in [5.41, 5.74) is -0.00822. The van der Waals surface area contributed by atoms with Crippen molar-refractivity contribution in [3.8, 4) is 0 Å². The molecule has 2 fully saturated rings. The summed E-state index contributed by atoms with van der Waals surface area (Å²) in [7, 11) is 0. The van der Waals surface area contributed by atoms with Gasteiger partial charge in [-0.05, 0) is 19.3 Å². The van der Waals surface area contributed by atoms with E-state index in [1.807, 2.05) is 4.90 Å². The fraction of sp³-hybridized carbons (Fsp3) is 0.643. The van der Waals surface area contributed by atoms with Crippen LogP contribution in [0.3, 0.4) is 0 Å². The highest BCUT2D eigenvalue weighted by molar-refractivity contribution is 5.93. The Hall–Kier alpha value is -1.49. The number of rotatable bonds is 1. The van der Waals surface area contributed by atoms with Crippen LogP contribution in [0, 0.1) is 5.92 Å². The third-order valence-electron chi connectivity index (χ3n) is 4.52. The van der Waals surface area contributed by atoms with Crippen LogP contribution in [0.4, 0.5) is 0 Å². The predicted molar refractivity (Wildman–Crippen MR) is 69.5 cm³/mol. The van der Waals surface area contributed by atoms with Gasteiger partial charge < -0.3 is 10.0 Å². The first-order chi connectivity index (χ1) is 9.19. The van der Waals surface area contributed by atoms with Crippen molar-refractivity contribution in [2.75, 3.05) is 13.1 Å². The monoisotopic (exact) mass is 261 g/mol. The summed E-state index contributed by atoms with van der Waals surface area (Å²) >= 11 is 0. The molecule has 102 valence electrons. The molecule has 5 nitrogen and oxygen atoms in total. The van der Waals surface area contributed by atoms with Gasteiger partial charge in [-0.15, -0.1) is 0 Å². The van der Waals surface area contributed by atoms with Crippen molar-refractivity contribution in [1.29, 1.82) is 0 Å². The molecule has 0 radical (unpaired) electrons. The number of carbonyl (C=O) groups is 1. The van der Waals surface area contributed by atoms with Crippen molar-refractivity contribution in [3.63, 3.8) is 0 Å². The van der Waals surface area contributed by atoms with Crippen LogP contribution in [0.25, 0.3) is 0 Å². The molecule has 1 aromatic rings. The highest BCUT2D eigenvalue weighted by Gasteiger charge is 2.43. The Bertz CT molecular complexity index is 465. The average Bonchev–Trinajstić information content (AvgIpc) is 2.46. The fourth-order valence-corrected chi connectivity index (χ4v) is 3.35. The van der Waals surface area contributed by atoms with Gasteiger partial charge in [0.1, 0.15) is 6.33 Å². The van der Waals surface area contributed by atoms with Crippen LogP contribution >= 0.6 is 0 Å². The molecule has 1 saturated heterocycles. The van der Waals surface area contributed by atoms with Crippen molar-refractivity contribution < 1.29 is 9.90 Å². The highest BCUT2D eigenvalue weighted by atomic mass is 16.3. The summed E-state index contributed by atoms with van der Waals surface area (Å²) in [4.78, 5) is 22.0. The summed E-state index contributed by atoms with van der Waals surface area (Å²) in [5, 5.41) is 10.6. The summed E-state index contributed by atoms with van der Waals surface area (Å²) < 4.78 is 0. The molecule has 5 heteroatoms. The number of hydrogen-bond donors (Lipinski definition) is 1. The molecular weight excluding hydrogens is 242 g/mol. The lowest BCUT2D eigenvalue weighted by atomic mass is 9.71. The van der Waals surface area contributed by atoms with Crippen LogP contribution < -0.4 is 0 Å². The van der Waals surface area contributed by atoms with Crippen molar-refractivity contribution in [1.82, 2.24) is 14.9 Å². The van der Waals surface area contributed by atoms with E-state index in [2.05, 4.69) is 9.97 Å². The minimum Gasteiger partial charge on any atom is -0.389 e. The lowest BCUT2D eigenvalue weighted by Crippen LogP contribution is -2.54. The van der Waals surface area contributed by atoms with Crippen LogP contribution in [0.5, 0.6) is 0 Å². The zero-order valence-electron chi connectivity index (χ0n) is 11.0. The van der Waals surface area contributed by atoms with Gasteiger partial charge >= 0.3 is 0 Å². The summed E-state index contributed by atoms with van der Waals surface area (Å²) in [5.74, 6) is 0.205. The maximum Gasteiger partial charge on any atom is 0.257 e. The zero-order valence-corrected chi connectivity index (χ0v) is 11.0. The van der Waals surface area contributed by atoms with Crippen LogP contribution in [0.2, 0.25) is 0 Å². The molecule has 0 aromatic carbocycles. The molecule has 1 aromatic heterocycles. The van der Waals surface area contributed by atoms with Crippen molar-refractivity contribution in [2.45, 2.75) is 37.7 Å². The zero-order chi connectivity index (χ0) is 13.3. The predicted octanol–water partition coefficient (Wildman–Crippen LogP) is 1.24. The average molecular weight is 261 g/mol. The lowest BCUT2D eigenvalue weighted by molar-refractivity contribution is -0.0886. The molecule has 1 aliphatic heterocycles. The Morgan fingerprint density at radius 2 is 2.11 bits per heavy atom. The SMILES string of the molecule is O=C(c1cncnc1)N1CCC2(O)CCCCC2C1. The number of piperidine rings is 1. The highest BCUT2D eigenvalue weighted by Crippen LogP contribution is 2.39. The molecule has 1 aliphatic carbocycles. The maximum atomic E-state index is 12.3. The Kier molecular flexibility index (Phi) is 3.22. The standard InChI is InChI=1S/C14H19N3O2/c18-13(11-7-15-10-16-8-11)17-6-5-14(19)4-2-1-3-12(14)9-17/h7-8,10,12,19H,1-6,9H2. The minimum absolute atomic E-state index is 0.0202. The second-order valence-corrected chi connectivity index (χ2v) is 5.67. The quantitative estimate of drug-likeness (QED) is 0.826. The molecule has 2 heterocycles. The third-order valence-corrected chi connectivity index (χ3v) is 4.52. The van der Waals surface area contributed by atoms with Gasteiger partial charge in [0.15, 0.2) is 0 Å². The number of carbonyl (C=O) groups excluding carboxylic acids is 1. The van der Waals surface area contributed by atoms with E-state index in [-0.39, 0.29) is 11.8 Å². The van der Waals surface area contributed by atoms with E-state index in [1.54, 1.807) is 12.4 Å². The number of aliphatic hydroxyl groups is 1. The van der Waals surface area contributed by atoms with Gasteiger partial charge in [-0.3, -0.25) is 4.79 Å². The number of likely N-dealkylation sites (tertiary alicyclic amines) is 1. The number of amides is 1. The van der Waals surface area contributed by atoms with Gasteiger partial charge in [-0.25, -0.2) is 9.97 Å². The van der Waals surface area contributed by atoms with Gasteiger partial charge in [0, 0.05) is 31.4 Å². The van der Waals surface area contributed by atoms with Gasteiger partial charge in [-0.1, -0.05) is 12.8 Å². The molecular formula is C14H19N3O2.